The number of nitro groups is 1. The van der Waals surface area contributed by atoms with Crippen LogP contribution in [0.4, 0.5) is 5.69 Å². The minimum Gasteiger partial charge on any atom is -0.507 e. The van der Waals surface area contributed by atoms with Crippen LogP contribution in [0, 0.1) is 16.0 Å². The first-order chi connectivity index (χ1) is 24.4. The Bertz CT molecular complexity index is 2050. The maximum atomic E-state index is 13.8. The van der Waals surface area contributed by atoms with Crippen LogP contribution < -0.4 is 16.0 Å². The van der Waals surface area contributed by atoms with Gasteiger partial charge in [-0.05, 0) is 35.7 Å². The summed E-state index contributed by atoms with van der Waals surface area (Å²) < 4.78 is 4.90. The van der Waals surface area contributed by atoms with E-state index in [-0.39, 0.29) is 29.8 Å². The third-order valence-electron chi connectivity index (χ3n) is 8.12. The molecule has 0 aliphatic rings. The van der Waals surface area contributed by atoms with E-state index in [0.717, 1.165) is 5.56 Å². The number of imidazole rings is 2. The molecule has 51 heavy (non-hydrogen) atoms. The molecule has 5 aromatic rings. The highest BCUT2D eigenvalue weighted by Gasteiger charge is 2.32. The predicted molar refractivity (Wildman–Crippen MR) is 184 cm³/mol. The van der Waals surface area contributed by atoms with Crippen LogP contribution >= 0.6 is 0 Å². The number of fused-ring (bicyclic) bond motifs is 1. The Morgan fingerprint density at radius 1 is 0.941 bits per heavy atom. The monoisotopic (exact) mass is 696 g/mol. The van der Waals surface area contributed by atoms with Crippen molar-refractivity contribution in [1.29, 1.82) is 0 Å². The molecule has 2 aromatic heterocycles. The number of aromatic hydroxyl groups is 1. The van der Waals surface area contributed by atoms with Crippen LogP contribution in [0.2, 0.25) is 0 Å². The number of H-pyrrole nitrogens is 2. The number of amides is 3. The molecule has 16 heteroatoms. The van der Waals surface area contributed by atoms with Gasteiger partial charge in [-0.3, -0.25) is 24.5 Å². The Labute approximate surface area is 291 Å². The topological polar surface area (TPSA) is 234 Å². The van der Waals surface area contributed by atoms with Gasteiger partial charge in [-0.2, -0.15) is 0 Å². The van der Waals surface area contributed by atoms with E-state index >= 15 is 0 Å². The number of aromatic amines is 2. The average molecular weight is 697 g/mol. The van der Waals surface area contributed by atoms with Crippen LogP contribution in [0.1, 0.15) is 35.5 Å². The van der Waals surface area contributed by atoms with E-state index in [9.17, 15) is 34.4 Å². The molecule has 0 saturated heterocycles. The van der Waals surface area contributed by atoms with Crippen LogP contribution in [0.25, 0.3) is 22.4 Å². The summed E-state index contributed by atoms with van der Waals surface area (Å²) in [6.45, 7) is 3.41. The summed E-state index contributed by atoms with van der Waals surface area (Å²) in [6.07, 6.45) is 3.08. The van der Waals surface area contributed by atoms with Gasteiger partial charge in [0.2, 0.25) is 11.8 Å². The van der Waals surface area contributed by atoms with Crippen molar-refractivity contribution < 1.29 is 33.9 Å². The van der Waals surface area contributed by atoms with Gasteiger partial charge in [-0.15, -0.1) is 0 Å². The number of nitro benzene ring substituents is 1. The highest BCUT2D eigenvalue weighted by atomic mass is 16.6. The number of carbonyl (C=O) groups is 4. The van der Waals surface area contributed by atoms with Gasteiger partial charge in [-0.1, -0.05) is 44.2 Å². The molecular weight excluding hydrogens is 660 g/mol. The first-order valence-corrected chi connectivity index (χ1v) is 15.9. The number of hydrogen-bond acceptors (Lipinski definition) is 10. The summed E-state index contributed by atoms with van der Waals surface area (Å²) in [4.78, 5) is 78.6. The van der Waals surface area contributed by atoms with Crippen LogP contribution in [0.15, 0.2) is 79.3 Å². The van der Waals surface area contributed by atoms with Crippen molar-refractivity contribution in [3.05, 3.63) is 106 Å². The van der Waals surface area contributed by atoms with E-state index in [0.29, 0.717) is 28.1 Å². The van der Waals surface area contributed by atoms with Gasteiger partial charge in [-0.25, -0.2) is 14.8 Å². The molecule has 2 heterocycles. The van der Waals surface area contributed by atoms with Gasteiger partial charge in [0.05, 0.1) is 35.0 Å². The SMILES string of the molecule is COC(=O)[C@H](Cc1cnc[nH]1)NC(=O)[C@H](Cc1ccccc1)NC(=O)[C@@H](NC(=O)c1cc(-c2nc3ccc([N+](=O)[O-])cc3[nH]2)ccc1O)C(C)C. The number of rotatable bonds is 14. The summed E-state index contributed by atoms with van der Waals surface area (Å²) in [5, 5.41) is 29.9. The van der Waals surface area contributed by atoms with Crippen molar-refractivity contribution in [3.8, 4) is 17.1 Å². The van der Waals surface area contributed by atoms with E-state index in [2.05, 4.69) is 35.9 Å². The fourth-order valence-electron chi connectivity index (χ4n) is 5.41. The lowest BCUT2D eigenvalue weighted by molar-refractivity contribution is -0.384. The molecule has 0 fully saturated rings. The highest BCUT2D eigenvalue weighted by molar-refractivity contribution is 6.01. The number of nitrogens with one attached hydrogen (secondary N) is 5. The molecule has 264 valence electrons. The molecule has 6 N–H and O–H groups in total. The molecule has 0 aliphatic carbocycles. The summed E-state index contributed by atoms with van der Waals surface area (Å²) in [7, 11) is 1.20. The fraction of sp³-hybridized carbons (Fsp3) is 0.257. The van der Waals surface area contributed by atoms with Crippen molar-refractivity contribution in [3.63, 3.8) is 0 Å². The van der Waals surface area contributed by atoms with E-state index in [1.54, 1.807) is 38.1 Å². The van der Waals surface area contributed by atoms with Crippen LogP contribution in [-0.4, -0.2) is 78.9 Å². The second kappa shape index (κ2) is 15.8. The summed E-state index contributed by atoms with van der Waals surface area (Å²) in [5.74, 6) is -3.33. The Morgan fingerprint density at radius 2 is 1.69 bits per heavy atom. The lowest BCUT2D eigenvalue weighted by Gasteiger charge is -2.26. The maximum absolute atomic E-state index is 13.8. The number of esters is 1. The lowest BCUT2D eigenvalue weighted by atomic mass is 10.00. The number of nitrogens with zero attached hydrogens (tertiary/aromatic N) is 3. The third-order valence-corrected chi connectivity index (χ3v) is 8.12. The molecule has 0 radical (unpaired) electrons. The van der Waals surface area contributed by atoms with Crippen molar-refractivity contribution in [2.75, 3.05) is 7.11 Å². The minimum atomic E-state index is -1.16. The van der Waals surface area contributed by atoms with Gasteiger partial charge in [0, 0.05) is 42.4 Å². The molecule has 0 aliphatic heterocycles. The normalized spacial score (nSPS) is 12.9. The number of phenols is 1. The van der Waals surface area contributed by atoms with E-state index in [1.165, 1.54) is 56.0 Å². The first-order valence-electron chi connectivity index (χ1n) is 15.9. The quantitative estimate of drug-likeness (QED) is 0.0564. The van der Waals surface area contributed by atoms with Gasteiger partial charge in [0.1, 0.15) is 29.7 Å². The summed E-state index contributed by atoms with van der Waals surface area (Å²) in [5.41, 5.74) is 2.29. The largest absolute Gasteiger partial charge is 0.507 e. The average Bonchev–Trinajstić information content (AvgIpc) is 3.79. The standard InChI is InChI=1S/C35H36N8O8/c1-19(2)30(42-32(45)24-14-21(9-12-29(24)44)31-38-25-11-10-23(43(49)50)16-26(25)39-31)34(47)40-27(13-20-7-5-4-6-8-20)33(46)41-28(35(48)51-3)15-22-17-36-18-37-22/h4-12,14,16-19,27-28,30,44H,13,15H2,1-3H3,(H,36,37)(H,38,39)(H,40,47)(H,41,46)(H,42,45)/t27-,28-,30-/m0/s1. The number of ether oxygens (including phenoxy) is 1. The van der Waals surface area contributed by atoms with Crippen molar-refractivity contribution in [2.45, 2.75) is 44.8 Å². The molecule has 3 atom stereocenters. The third kappa shape index (κ3) is 8.72. The van der Waals surface area contributed by atoms with Gasteiger partial charge in [0.25, 0.3) is 11.6 Å². The lowest BCUT2D eigenvalue weighted by Crippen LogP contribution is -2.57. The molecular formula is C35H36N8O8. The number of benzene rings is 3. The minimum absolute atomic E-state index is 0.0611. The molecule has 0 unspecified atom stereocenters. The fourth-order valence-corrected chi connectivity index (χ4v) is 5.41. The maximum Gasteiger partial charge on any atom is 0.328 e. The van der Waals surface area contributed by atoms with Crippen molar-refractivity contribution in [2.24, 2.45) is 5.92 Å². The Kier molecular flexibility index (Phi) is 11.0. The molecule has 3 amide bonds. The second-order valence-electron chi connectivity index (χ2n) is 12.1. The number of methoxy groups -OCH3 is 1. The van der Waals surface area contributed by atoms with Gasteiger partial charge < -0.3 is 35.8 Å². The number of hydrogen-bond donors (Lipinski definition) is 6. The van der Waals surface area contributed by atoms with Crippen LogP contribution in [-0.2, 0) is 32.0 Å². The number of phenolic OH excluding ortho intramolecular Hbond substituents is 1. The Balaban J connectivity index is 1.36. The van der Waals surface area contributed by atoms with E-state index < -0.39 is 52.7 Å². The highest BCUT2D eigenvalue weighted by Crippen LogP contribution is 2.28. The Hall–Kier alpha value is -6.58. The predicted octanol–water partition coefficient (Wildman–Crippen LogP) is 2.95. The first kappa shape index (κ1) is 35.7. The summed E-state index contributed by atoms with van der Waals surface area (Å²) in [6, 6.07) is 13.9. The van der Waals surface area contributed by atoms with E-state index in [4.69, 9.17) is 4.74 Å². The summed E-state index contributed by atoms with van der Waals surface area (Å²) >= 11 is 0. The Morgan fingerprint density at radius 3 is 2.35 bits per heavy atom. The zero-order valence-electron chi connectivity index (χ0n) is 27.9. The second-order valence-corrected chi connectivity index (χ2v) is 12.1. The van der Waals surface area contributed by atoms with Crippen molar-refractivity contribution in [1.82, 2.24) is 35.9 Å². The molecule has 16 nitrogen and oxygen atoms in total. The van der Waals surface area contributed by atoms with Crippen LogP contribution in [0.3, 0.4) is 0 Å². The van der Waals surface area contributed by atoms with Crippen LogP contribution in [0.5, 0.6) is 5.75 Å². The molecule has 3 aromatic carbocycles. The van der Waals surface area contributed by atoms with Gasteiger partial charge >= 0.3 is 5.97 Å². The number of aromatic nitrogens is 4. The van der Waals surface area contributed by atoms with Crippen molar-refractivity contribution >= 4 is 40.4 Å². The zero-order valence-corrected chi connectivity index (χ0v) is 27.9. The number of carbonyl (C=O) groups excluding carboxylic acids is 4. The molecule has 0 saturated carbocycles. The smallest absolute Gasteiger partial charge is 0.328 e. The van der Waals surface area contributed by atoms with E-state index in [1.807, 2.05) is 6.07 Å². The zero-order chi connectivity index (χ0) is 36.7. The molecule has 5 rings (SSSR count). The molecule has 0 spiro atoms. The number of non-ortho nitro benzene ring substituents is 1. The van der Waals surface area contributed by atoms with Gasteiger partial charge in [0.15, 0.2) is 0 Å². The molecule has 0 bridgehead atoms.